The van der Waals surface area contributed by atoms with Crippen LogP contribution >= 0.6 is 23.2 Å². The van der Waals surface area contributed by atoms with E-state index in [4.69, 9.17) is 34.3 Å². The third-order valence-corrected chi connectivity index (χ3v) is 1.69. The molecule has 4 nitrogen and oxygen atoms in total. The highest BCUT2D eigenvalue weighted by atomic mass is 35.5. The molecule has 0 saturated heterocycles. The number of carbonyl (C=O) groups excluding carboxylic acids is 1. The molecule has 0 spiro atoms. The van der Waals surface area contributed by atoms with E-state index in [1.165, 1.54) is 0 Å². The van der Waals surface area contributed by atoms with Crippen LogP contribution in [0.5, 0.6) is 0 Å². The summed E-state index contributed by atoms with van der Waals surface area (Å²) in [4.78, 5) is 10.2. The molecule has 3 N–H and O–H groups in total. The lowest BCUT2D eigenvalue weighted by molar-refractivity contribution is -0.134. The number of nitrogens with two attached hydrogens (primary N) is 1. The van der Waals surface area contributed by atoms with Crippen LogP contribution in [0.1, 0.15) is 6.92 Å². The summed E-state index contributed by atoms with van der Waals surface area (Å²) in [6.07, 6.45) is 0. The van der Waals surface area contributed by atoms with Gasteiger partial charge in [0.05, 0.1) is 6.61 Å². The van der Waals surface area contributed by atoms with Crippen LogP contribution in [0.3, 0.4) is 0 Å². The summed E-state index contributed by atoms with van der Waals surface area (Å²) in [5.41, 5.74) is 6.08. The van der Waals surface area contributed by atoms with Crippen LogP contribution in [0.15, 0.2) is 24.3 Å². The molecule has 0 aliphatic carbocycles. The molecule has 1 aromatic rings. The molecule has 0 amide bonds. The molecule has 6 heteroatoms. The molecule has 0 radical (unpaired) electrons. The number of ether oxygens (including phenoxy) is 1. The first-order valence-corrected chi connectivity index (χ1v) is 5.15. The molecule has 0 heterocycles. The van der Waals surface area contributed by atoms with E-state index in [0.717, 1.165) is 0 Å². The number of nitrogen functional groups attached to an aromatic ring is 1. The predicted octanol–water partition coefficient (Wildman–Crippen LogP) is 2.69. The van der Waals surface area contributed by atoms with Gasteiger partial charge in [-0.3, -0.25) is 5.41 Å². The van der Waals surface area contributed by atoms with E-state index in [-0.39, 0.29) is 6.61 Å². The smallest absolute Gasteiger partial charge is 0.368 e. The van der Waals surface area contributed by atoms with Crippen molar-refractivity contribution in [2.75, 3.05) is 12.3 Å². The summed E-state index contributed by atoms with van der Waals surface area (Å²) < 4.78 is 4.31. The van der Waals surface area contributed by atoms with Gasteiger partial charge < -0.3 is 10.5 Å². The SMILES string of the molecule is CCOC(=O)C(=N)Cl.Nc1cccc(Cl)c1. The Morgan fingerprint density at radius 3 is 2.44 bits per heavy atom. The summed E-state index contributed by atoms with van der Waals surface area (Å²) >= 11 is 10.5. The van der Waals surface area contributed by atoms with E-state index in [2.05, 4.69) is 4.74 Å². The van der Waals surface area contributed by atoms with Gasteiger partial charge >= 0.3 is 5.97 Å². The Balaban J connectivity index is 0.000000281. The van der Waals surface area contributed by atoms with E-state index >= 15 is 0 Å². The number of esters is 1. The Morgan fingerprint density at radius 1 is 1.56 bits per heavy atom. The molecule has 0 bridgehead atoms. The van der Waals surface area contributed by atoms with Crippen molar-refractivity contribution in [3.8, 4) is 0 Å². The standard InChI is InChI=1S/C6H6ClN.C4H6ClNO2/c7-5-2-1-3-6(8)4-5;1-2-8-4(7)3(5)6/h1-4H,8H2;6H,2H2,1H3. The van der Waals surface area contributed by atoms with Gasteiger partial charge in [-0.2, -0.15) is 0 Å². The van der Waals surface area contributed by atoms with Crippen LogP contribution in [0, 0.1) is 5.41 Å². The number of hydrogen-bond acceptors (Lipinski definition) is 4. The molecule has 0 atom stereocenters. The quantitative estimate of drug-likeness (QED) is 0.489. The van der Waals surface area contributed by atoms with Crippen molar-refractivity contribution in [1.29, 1.82) is 5.41 Å². The highest BCUT2D eigenvalue weighted by Gasteiger charge is 2.03. The van der Waals surface area contributed by atoms with Gasteiger partial charge in [-0.1, -0.05) is 29.3 Å². The maximum absolute atomic E-state index is 10.2. The first kappa shape index (κ1) is 14.7. The lowest BCUT2D eigenvalue weighted by atomic mass is 10.3. The topological polar surface area (TPSA) is 76.2 Å². The van der Waals surface area contributed by atoms with Gasteiger partial charge in [0.1, 0.15) is 0 Å². The number of benzene rings is 1. The van der Waals surface area contributed by atoms with Crippen LogP contribution in [0.25, 0.3) is 0 Å². The van der Waals surface area contributed by atoms with Crippen LogP contribution in [0.2, 0.25) is 5.02 Å². The molecular formula is C10H12Cl2N2O2. The fourth-order valence-electron chi connectivity index (χ4n) is 0.701. The summed E-state index contributed by atoms with van der Waals surface area (Å²) in [5.74, 6) is -0.769. The molecule has 16 heavy (non-hydrogen) atoms. The summed E-state index contributed by atoms with van der Waals surface area (Å²) in [5, 5.41) is 6.60. The molecule has 1 aromatic carbocycles. The number of carbonyl (C=O) groups is 1. The molecule has 88 valence electrons. The average molecular weight is 263 g/mol. The summed E-state index contributed by atoms with van der Waals surface area (Å²) in [6, 6.07) is 7.11. The van der Waals surface area contributed by atoms with E-state index in [0.29, 0.717) is 10.7 Å². The van der Waals surface area contributed by atoms with Gasteiger partial charge in [-0.05, 0) is 25.1 Å². The zero-order chi connectivity index (χ0) is 12.6. The van der Waals surface area contributed by atoms with Crippen molar-refractivity contribution in [2.45, 2.75) is 6.92 Å². The number of nitrogens with one attached hydrogen (secondary N) is 1. The molecule has 0 aliphatic heterocycles. The van der Waals surface area contributed by atoms with Crippen molar-refractivity contribution in [3.05, 3.63) is 29.3 Å². The average Bonchev–Trinajstić information content (AvgIpc) is 2.18. The number of rotatable bonds is 2. The van der Waals surface area contributed by atoms with E-state index in [9.17, 15) is 4.79 Å². The fourth-order valence-corrected chi connectivity index (χ4v) is 0.954. The largest absolute Gasteiger partial charge is 0.461 e. The highest BCUT2D eigenvalue weighted by molar-refractivity contribution is 6.81. The normalized spacial score (nSPS) is 8.69. The third-order valence-electron chi connectivity index (χ3n) is 1.30. The second kappa shape index (κ2) is 7.96. The fraction of sp³-hybridized carbons (Fsp3) is 0.200. The molecule has 0 unspecified atom stereocenters. The van der Waals surface area contributed by atoms with Crippen molar-refractivity contribution in [2.24, 2.45) is 0 Å². The van der Waals surface area contributed by atoms with Crippen LogP contribution in [0.4, 0.5) is 5.69 Å². The van der Waals surface area contributed by atoms with Crippen LogP contribution < -0.4 is 5.73 Å². The Morgan fingerprint density at radius 2 is 2.19 bits per heavy atom. The molecule has 1 rings (SSSR count). The predicted molar refractivity (Wildman–Crippen MR) is 66.1 cm³/mol. The lowest BCUT2D eigenvalue weighted by Gasteiger charge is -1.93. The maximum Gasteiger partial charge on any atom is 0.368 e. The zero-order valence-electron chi connectivity index (χ0n) is 8.67. The zero-order valence-corrected chi connectivity index (χ0v) is 10.2. The molecule has 0 aromatic heterocycles. The molecule has 0 saturated carbocycles. The molecular weight excluding hydrogens is 251 g/mol. The third kappa shape index (κ3) is 7.09. The maximum atomic E-state index is 10.2. The van der Waals surface area contributed by atoms with Gasteiger partial charge in [0.25, 0.3) is 0 Å². The number of halogens is 2. The first-order valence-electron chi connectivity index (χ1n) is 4.39. The summed E-state index contributed by atoms with van der Waals surface area (Å²) in [6.45, 7) is 1.91. The van der Waals surface area contributed by atoms with Crippen molar-refractivity contribution in [3.63, 3.8) is 0 Å². The minimum atomic E-state index is -0.769. The van der Waals surface area contributed by atoms with Gasteiger partial charge in [0.2, 0.25) is 5.17 Å². The Labute approximate surface area is 104 Å². The second-order valence-electron chi connectivity index (χ2n) is 2.59. The van der Waals surface area contributed by atoms with Crippen molar-refractivity contribution < 1.29 is 9.53 Å². The van der Waals surface area contributed by atoms with Crippen molar-refractivity contribution in [1.82, 2.24) is 0 Å². The first-order chi connectivity index (χ1) is 7.47. The minimum absolute atomic E-state index is 0.258. The highest BCUT2D eigenvalue weighted by Crippen LogP contribution is 2.10. The van der Waals surface area contributed by atoms with E-state index < -0.39 is 11.1 Å². The van der Waals surface area contributed by atoms with Crippen molar-refractivity contribution >= 4 is 40.0 Å². The molecule has 0 fully saturated rings. The van der Waals surface area contributed by atoms with Crippen LogP contribution in [-0.2, 0) is 9.53 Å². The van der Waals surface area contributed by atoms with Crippen LogP contribution in [-0.4, -0.2) is 17.7 Å². The number of anilines is 1. The lowest BCUT2D eigenvalue weighted by Crippen LogP contribution is -2.10. The van der Waals surface area contributed by atoms with Gasteiger partial charge in [0, 0.05) is 10.7 Å². The van der Waals surface area contributed by atoms with Gasteiger partial charge in [0.15, 0.2) is 0 Å². The van der Waals surface area contributed by atoms with E-state index in [1.54, 1.807) is 25.1 Å². The Hall–Kier alpha value is -1.26. The second-order valence-corrected chi connectivity index (χ2v) is 3.40. The number of hydrogen-bond donors (Lipinski definition) is 2. The van der Waals surface area contributed by atoms with Gasteiger partial charge in [-0.25, -0.2) is 4.79 Å². The van der Waals surface area contributed by atoms with Gasteiger partial charge in [-0.15, -0.1) is 0 Å². The Kier molecular flexibility index (Phi) is 7.33. The monoisotopic (exact) mass is 262 g/mol. The molecule has 0 aliphatic rings. The minimum Gasteiger partial charge on any atom is -0.461 e. The van der Waals surface area contributed by atoms with E-state index in [1.807, 2.05) is 6.07 Å². The summed E-state index contributed by atoms with van der Waals surface area (Å²) in [7, 11) is 0. The Bertz CT molecular complexity index is 352.